The van der Waals surface area contributed by atoms with Crippen LogP contribution in [0.1, 0.15) is 55.3 Å². The van der Waals surface area contributed by atoms with Gasteiger partial charge in [-0.2, -0.15) is 0 Å². The molecule has 0 aliphatic carbocycles. The first-order chi connectivity index (χ1) is 10.3. The van der Waals surface area contributed by atoms with Gasteiger partial charge in [-0.05, 0) is 30.9 Å². The molecular weight excluding hydrogens is 300 g/mol. The van der Waals surface area contributed by atoms with E-state index in [1.165, 1.54) is 6.07 Å². The average Bonchev–Trinajstić information content (AvgIpc) is 2.44. The van der Waals surface area contributed by atoms with Crippen LogP contribution in [0.25, 0.3) is 0 Å². The van der Waals surface area contributed by atoms with Crippen molar-refractivity contribution in [3.05, 3.63) is 46.0 Å². The number of aryl methyl sites for hydroxylation is 1. The van der Waals surface area contributed by atoms with Gasteiger partial charge in [-0.15, -0.1) is 0 Å². The fraction of sp³-hybridized carbons (Fsp3) is 0.412. The number of pyridine rings is 2. The molecule has 0 aliphatic rings. The van der Waals surface area contributed by atoms with Crippen molar-refractivity contribution in [3.8, 4) is 11.5 Å². The molecule has 0 saturated heterocycles. The maximum absolute atomic E-state index is 10.4. The molecule has 2 aromatic rings. The molecule has 0 bridgehead atoms. The number of aromatic nitrogens is 2. The molecule has 0 spiro atoms. The highest BCUT2D eigenvalue weighted by atomic mass is 35.5. The zero-order valence-electron chi connectivity index (χ0n) is 13.3. The second kappa shape index (κ2) is 6.53. The Morgan fingerprint density at radius 1 is 1.18 bits per heavy atom. The van der Waals surface area contributed by atoms with Crippen LogP contribution in [0.3, 0.4) is 0 Å². The summed E-state index contributed by atoms with van der Waals surface area (Å²) in [6, 6.07) is 3.32. The third-order valence-electron chi connectivity index (χ3n) is 3.74. The van der Waals surface area contributed by atoms with Gasteiger partial charge in [0.1, 0.15) is 11.5 Å². The van der Waals surface area contributed by atoms with E-state index in [0.717, 1.165) is 5.56 Å². The highest BCUT2D eigenvalue weighted by Crippen LogP contribution is 2.34. The van der Waals surface area contributed by atoms with Crippen LogP contribution >= 0.6 is 11.6 Å². The summed E-state index contributed by atoms with van der Waals surface area (Å²) in [4.78, 5) is 8.61. The molecule has 4 nitrogen and oxygen atoms in total. The molecule has 118 valence electrons. The first-order valence-electron chi connectivity index (χ1n) is 7.34. The fourth-order valence-corrected chi connectivity index (χ4v) is 2.62. The summed E-state index contributed by atoms with van der Waals surface area (Å²) >= 11 is 5.96. The molecule has 0 aliphatic heterocycles. The molecule has 0 amide bonds. The summed E-state index contributed by atoms with van der Waals surface area (Å²) < 4.78 is 0. The quantitative estimate of drug-likeness (QED) is 0.880. The van der Waals surface area contributed by atoms with Gasteiger partial charge in [0, 0.05) is 18.2 Å². The molecule has 1 unspecified atom stereocenters. The van der Waals surface area contributed by atoms with Crippen molar-refractivity contribution in [3.63, 3.8) is 0 Å². The summed E-state index contributed by atoms with van der Waals surface area (Å²) in [7, 11) is 0. The predicted octanol–water partition coefficient (Wildman–Crippen LogP) is 4.32. The van der Waals surface area contributed by atoms with Gasteiger partial charge >= 0.3 is 0 Å². The van der Waals surface area contributed by atoms with E-state index in [4.69, 9.17) is 11.6 Å². The summed E-state index contributed by atoms with van der Waals surface area (Å²) in [6.07, 6.45) is 2.27. The number of rotatable bonds is 4. The van der Waals surface area contributed by atoms with E-state index in [9.17, 15) is 10.2 Å². The molecule has 5 heteroatoms. The minimum atomic E-state index is -0.0516. The molecule has 1 atom stereocenters. The molecule has 2 N–H and O–H groups in total. The SMILES string of the molecule is Cc1nc(C(C)Cc2ccnc(C(C)C)c2O)c(O)cc1Cl. The van der Waals surface area contributed by atoms with E-state index in [2.05, 4.69) is 9.97 Å². The number of nitrogens with zero attached hydrogens (tertiary/aromatic N) is 2. The summed E-state index contributed by atoms with van der Waals surface area (Å²) in [5.74, 6) is 0.416. The highest BCUT2D eigenvalue weighted by molar-refractivity contribution is 6.31. The Hall–Kier alpha value is -1.81. The molecule has 2 aromatic heterocycles. The summed E-state index contributed by atoms with van der Waals surface area (Å²) in [5, 5.41) is 20.9. The second-order valence-electron chi connectivity index (χ2n) is 5.92. The van der Waals surface area contributed by atoms with Crippen LogP contribution in [-0.2, 0) is 6.42 Å². The van der Waals surface area contributed by atoms with Gasteiger partial charge in [0.25, 0.3) is 0 Å². The molecule has 0 saturated carbocycles. The topological polar surface area (TPSA) is 66.2 Å². The molecular formula is C17H21ClN2O2. The smallest absolute Gasteiger partial charge is 0.140 e. The van der Waals surface area contributed by atoms with E-state index >= 15 is 0 Å². The van der Waals surface area contributed by atoms with Gasteiger partial charge in [-0.25, -0.2) is 0 Å². The van der Waals surface area contributed by atoms with Crippen molar-refractivity contribution in [1.29, 1.82) is 0 Å². The second-order valence-corrected chi connectivity index (χ2v) is 6.33. The Bertz CT molecular complexity index is 687. The third kappa shape index (κ3) is 3.33. The van der Waals surface area contributed by atoms with Crippen molar-refractivity contribution in [1.82, 2.24) is 9.97 Å². The van der Waals surface area contributed by atoms with E-state index < -0.39 is 0 Å². The van der Waals surface area contributed by atoms with Gasteiger partial charge < -0.3 is 10.2 Å². The van der Waals surface area contributed by atoms with E-state index in [-0.39, 0.29) is 23.3 Å². The van der Waals surface area contributed by atoms with E-state index in [0.29, 0.717) is 28.5 Å². The van der Waals surface area contributed by atoms with Crippen molar-refractivity contribution >= 4 is 11.6 Å². The Labute approximate surface area is 135 Å². The minimum Gasteiger partial charge on any atom is -0.506 e. The predicted molar refractivity (Wildman–Crippen MR) is 87.8 cm³/mol. The zero-order chi connectivity index (χ0) is 16.4. The van der Waals surface area contributed by atoms with Crippen LogP contribution in [0.5, 0.6) is 11.5 Å². The number of hydrogen-bond acceptors (Lipinski definition) is 4. The molecule has 0 radical (unpaired) electrons. The first kappa shape index (κ1) is 16.6. The van der Waals surface area contributed by atoms with Gasteiger partial charge in [-0.1, -0.05) is 32.4 Å². The molecule has 0 aromatic carbocycles. The highest BCUT2D eigenvalue weighted by Gasteiger charge is 2.18. The third-order valence-corrected chi connectivity index (χ3v) is 4.12. The standard InChI is InChI=1S/C17H21ClN2O2/c1-9(2)15-17(22)12(5-6-19-15)7-10(3)16-14(21)8-13(18)11(4)20-16/h5-6,8-10,21-22H,7H2,1-4H3. The van der Waals surface area contributed by atoms with Gasteiger partial charge in [-0.3, -0.25) is 9.97 Å². The van der Waals surface area contributed by atoms with Gasteiger partial charge in [0.05, 0.1) is 22.1 Å². The van der Waals surface area contributed by atoms with Crippen molar-refractivity contribution in [2.75, 3.05) is 0 Å². The Kier molecular flexibility index (Phi) is 4.91. The van der Waals surface area contributed by atoms with Crippen molar-refractivity contribution in [2.45, 2.75) is 46.0 Å². The largest absolute Gasteiger partial charge is 0.506 e. The lowest BCUT2D eigenvalue weighted by Crippen LogP contribution is -2.05. The fourth-order valence-electron chi connectivity index (χ4n) is 2.48. The Morgan fingerprint density at radius 3 is 2.50 bits per heavy atom. The summed E-state index contributed by atoms with van der Waals surface area (Å²) in [6.45, 7) is 7.75. The number of aromatic hydroxyl groups is 2. The Balaban J connectivity index is 2.32. The molecule has 2 heterocycles. The molecule has 0 fully saturated rings. The maximum Gasteiger partial charge on any atom is 0.140 e. The van der Waals surface area contributed by atoms with E-state index in [1.807, 2.05) is 20.8 Å². The minimum absolute atomic E-state index is 0.0516. The van der Waals surface area contributed by atoms with Crippen LogP contribution in [0.15, 0.2) is 18.3 Å². The monoisotopic (exact) mass is 320 g/mol. The molecule has 22 heavy (non-hydrogen) atoms. The lowest BCUT2D eigenvalue weighted by Gasteiger charge is -2.16. The summed E-state index contributed by atoms with van der Waals surface area (Å²) in [5.41, 5.74) is 2.77. The number of halogens is 1. The lowest BCUT2D eigenvalue weighted by molar-refractivity contribution is 0.444. The Morgan fingerprint density at radius 2 is 1.86 bits per heavy atom. The molecule has 2 rings (SSSR count). The van der Waals surface area contributed by atoms with Gasteiger partial charge in [0.2, 0.25) is 0 Å². The zero-order valence-corrected chi connectivity index (χ0v) is 14.0. The lowest BCUT2D eigenvalue weighted by atomic mass is 9.95. The average molecular weight is 321 g/mol. The van der Waals surface area contributed by atoms with Crippen LogP contribution in [-0.4, -0.2) is 20.2 Å². The van der Waals surface area contributed by atoms with Crippen LogP contribution in [0.2, 0.25) is 5.02 Å². The maximum atomic E-state index is 10.4. The van der Waals surface area contributed by atoms with E-state index in [1.54, 1.807) is 19.2 Å². The normalized spacial score (nSPS) is 12.6. The van der Waals surface area contributed by atoms with Crippen LogP contribution in [0.4, 0.5) is 0 Å². The number of hydrogen-bond donors (Lipinski definition) is 2. The van der Waals surface area contributed by atoms with Crippen LogP contribution < -0.4 is 0 Å². The first-order valence-corrected chi connectivity index (χ1v) is 7.71. The van der Waals surface area contributed by atoms with Crippen molar-refractivity contribution < 1.29 is 10.2 Å². The van der Waals surface area contributed by atoms with Crippen molar-refractivity contribution in [2.24, 2.45) is 0 Å². The van der Waals surface area contributed by atoms with Gasteiger partial charge in [0.15, 0.2) is 0 Å². The van der Waals surface area contributed by atoms with Crippen LogP contribution in [0, 0.1) is 6.92 Å².